The van der Waals surface area contributed by atoms with Crippen LogP contribution < -0.4 is 16.9 Å². The molecule has 0 atom stereocenters. The molecule has 0 heterocycles. The molecule has 0 saturated carbocycles. The molecule has 9 heavy (non-hydrogen) atoms. The second kappa shape index (κ2) is 3.02. The Bertz CT molecular complexity index is 135. The van der Waals surface area contributed by atoms with Gasteiger partial charge in [-0.05, 0) is 12.8 Å². The van der Waals surface area contributed by atoms with Gasteiger partial charge in [-0.15, -0.1) is 0 Å². The summed E-state index contributed by atoms with van der Waals surface area (Å²) in [5, 5.41) is 6.65. The highest BCUT2D eigenvalue weighted by Gasteiger charge is 2.00. The van der Waals surface area contributed by atoms with E-state index in [9.17, 15) is 4.79 Å². The van der Waals surface area contributed by atoms with Gasteiger partial charge >= 0.3 is 6.03 Å². The number of hydrazine groups is 1. The van der Waals surface area contributed by atoms with E-state index in [0.29, 0.717) is 4.41 Å². The van der Waals surface area contributed by atoms with Gasteiger partial charge in [-0.25, -0.2) is 10.2 Å². The molecule has 7 heteroatoms. The van der Waals surface area contributed by atoms with Gasteiger partial charge in [-0.3, -0.25) is 5.41 Å². The number of thiol groups is 1. The fourth-order valence-electron chi connectivity index (χ4n) is 0.165. The van der Waals surface area contributed by atoms with Crippen LogP contribution in [-0.2, 0) is 0 Å². The fraction of sp³-hybridized carbons (Fsp3) is 0. The smallest absolute Gasteiger partial charge is 0.331 e. The molecular formula is C2H7N5OS. The number of carbonyl (C=O) groups excluding carboxylic acids is 1. The molecule has 0 aliphatic heterocycles. The summed E-state index contributed by atoms with van der Waals surface area (Å²) in [5.41, 5.74) is 11.4. The number of urea groups is 1. The van der Waals surface area contributed by atoms with Crippen LogP contribution in [0.25, 0.3) is 0 Å². The summed E-state index contributed by atoms with van der Waals surface area (Å²) in [6, 6.07) is -0.819. The minimum atomic E-state index is -0.819. The summed E-state index contributed by atoms with van der Waals surface area (Å²) in [5.74, 6) is -0.405. The van der Waals surface area contributed by atoms with E-state index in [0.717, 1.165) is 0 Å². The predicted octanol–water partition coefficient (Wildman–Crippen LogP) is -1.39. The topological polar surface area (TPSA) is 108 Å². The van der Waals surface area contributed by atoms with Gasteiger partial charge in [0.2, 0.25) is 5.96 Å². The summed E-state index contributed by atoms with van der Waals surface area (Å²) >= 11 is 3.54. The van der Waals surface area contributed by atoms with E-state index in [2.05, 4.69) is 18.5 Å². The van der Waals surface area contributed by atoms with Gasteiger partial charge in [0, 0.05) is 0 Å². The average molecular weight is 149 g/mol. The number of rotatable bonds is 0. The van der Waals surface area contributed by atoms with E-state index >= 15 is 0 Å². The van der Waals surface area contributed by atoms with Crippen LogP contribution in [0.1, 0.15) is 0 Å². The Morgan fingerprint density at radius 2 is 2.11 bits per heavy atom. The number of nitrogens with one attached hydrogen (secondary N) is 2. The highest BCUT2D eigenvalue weighted by molar-refractivity contribution is 7.78. The van der Waals surface area contributed by atoms with E-state index in [1.165, 1.54) is 0 Å². The molecule has 6 N–H and O–H groups in total. The zero-order valence-corrected chi connectivity index (χ0v) is 5.35. The van der Waals surface area contributed by atoms with E-state index in [4.69, 9.17) is 11.1 Å². The van der Waals surface area contributed by atoms with Crippen molar-refractivity contribution in [1.29, 1.82) is 5.41 Å². The van der Waals surface area contributed by atoms with Gasteiger partial charge in [0.25, 0.3) is 0 Å². The van der Waals surface area contributed by atoms with Crippen molar-refractivity contribution in [2.24, 2.45) is 11.5 Å². The Kier molecular flexibility index (Phi) is 2.65. The van der Waals surface area contributed by atoms with Gasteiger partial charge in [0.1, 0.15) is 0 Å². The van der Waals surface area contributed by atoms with Gasteiger partial charge in [0.05, 0.1) is 0 Å². The maximum Gasteiger partial charge on any atom is 0.331 e. The number of guanidine groups is 1. The lowest BCUT2D eigenvalue weighted by molar-refractivity contribution is 0.241. The summed E-state index contributed by atoms with van der Waals surface area (Å²) in [4.78, 5) is 9.98. The number of nitrogens with zero attached hydrogens (tertiary/aromatic N) is 1. The average Bonchev–Trinajstić information content (AvgIpc) is 1.63. The van der Waals surface area contributed by atoms with Crippen LogP contribution in [0.2, 0.25) is 0 Å². The van der Waals surface area contributed by atoms with Crippen molar-refractivity contribution >= 4 is 24.8 Å². The van der Waals surface area contributed by atoms with Crippen molar-refractivity contribution in [3.05, 3.63) is 0 Å². The van der Waals surface area contributed by atoms with Gasteiger partial charge in [-0.2, -0.15) is 4.41 Å². The number of hydrogen-bond acceptors (Lipinski definition) is 3. The molecule has 0 aromatic rings. The number of primary amides is 1. The van der Waals surface area contributed by atoms with Gasteiger partial charge < -0.3 is 11.5 Å². The Morgan fingerprint density at radius 3 is 2.22 bits per heavy atom. The van der Waals surface area contributed by atoms with Crippen LogP contribution in [0.3, 0.4) is 0 Å². The lowest BCUT2D eigenvalue weighted by Crippen LogP contribution is -2.45. The molecule has 0 fully saturated rings. The first kappa shape index (κ1) is 7.89. The number of hydrogen-bond donors (Lipinski definition) is 5. The summed E-state index contributed by atoms with van der Waals surface area (Å²) < 4.78 is 0.697. The Labute approximate surface area is 57.2 Å². The van der Waals surface area contributed by atoms with Crippen LogP contribution in [-0.4, -0.2) is 16.4 Å². The molecule has 0 unspecified atom stereocenters. The third-order valence-corrected chi connectivity index (χ3v) is 0.760. The molecule has 0 bridgehead atoms. The van der Waals surface area contributed by atoms with E-state index < -0.39 is 12.0 Å². The highest BCUT2D eigenvalue weighted by Crippen LogP contribution is 1.81. The third kappa shape index (κ3) is 3.47. The first-order valence-corrected chi connectivity index (χ1v) is 2.33. The van der Waals surface area contributed by atoms with E-state index in [-0.39, 0.29) is 0 Å². The normalized spacial score (nSPS) is 8.11. The van der Waals surface area contributed by atoms with Crippen LogP contribution in [0.15, 0.2) is 0 Å². The molecule has 0 saturated heterocycles. The number of amides is 2. The van der Waals surface area contributed by atoms with Crippen molar-refractivity contribution in [3.8, 4) is 0 Å². The second-order valence-corrected chi connectivity index (χ2v) is 1.57. The quantitative estimate of drug-likeness (QED) is 0.127. The zero-order valence-electron chi connectivity index (χ0n) is 4.46. The van der Waals surface area contributed by atoms with Crippen molar-refractivity contribution < 1.29 is 4.79 Å². The van der Waals surface area contributed by atoms with Gasteiger partial charge in [0.15, 0.2) is 0 Å². The van der Waals surface area contributed by atoms with Crippen molar-refractivity contribution in [2.75, 3.05) is 0 Å². The molecule has 52 valence electrons. The first-order valence-electron chi connectivity index (χ1n) is 1.93. The molecule has 0 rings (SSSR count). The maximum atomic E-state index is 9.98. The molecule has 2 amide bonds. The fourth-order valence-corrected chi connectivity index (χ4v) is 0.263. The summed E-state index contributed by atoms with van der Waals surface area (Å²) in [6.45, 7) is 0. The van der Waals surface area contributed by atoms with Gasteiger partial charge in [-0.1, -0.05) is 0 Å². The molecule has 6 nitrogen and oxygen atoms in total. The predicted molar refractivity (Wildman–Crippen MR) is 35.5 cm³/mol. The molecule has 0 aliphatic carbocycles. The lowest BCUT2D eigenvalue weighted by atomic mass is 11.0. The Hall–Kier alpha value is -1.11. The summed E-state index contributed by atoms with van der Waals surface area (Å²) in [7, 11) is 0. The Morgan fingerprint density at radius 1 is 1.67 bits per heavy atom. The van der Waals surface area contributed by atoms with Crippen LogP contribution >= 0.6 is 12.8 Å². The highest BCUT2D eigenvalue weighted by atomic mass is 32.1. The molecule has 0 aliphatic rings. The Balaban J connectivity index is 3.63. The van der Waals surface area contributed by atoms with Crippen molar-refractivity contribution in [1.82, 2.24) is 9.84 Å². The minimum absolute atomic E-state index is 0.405. The zero-order chi connectivity index (χ0) is 7.44. The largest absolute Gasteiger partial charge is 0.368 e. The first-order chi connectivity index (χ1) is 4.04. The van der Waals surface area contributed by atoms with Crippen molar-refractivity contribution in [3.63, 3.8) is 0 Å². The molecule has 0 aromatic carbocycles. The number of carbonyl (C=O) groups is 1. The monoisotopic (exact) mass is 149 g/mol. The second-order valence-electron chi connectivity index (χ2n) is 1.17. The summed E-state index contributed by atoms with van der Waals surface area (Å²) in [6.07, 6.45) is 0. The lowest BCUT2D eigenvalue weighted by Gasteiger charge is -2.12. The standard InChI is InChI=1S/C2H7N5OS/c3-1(4)7(9)6-2(5)8/h9H,(H3,3,4)(H3,5,6,8). The van der Waals surface area contributed by atoms with Crippen LogP contribution in [0.4, 0.5) is 4.79 Å². The minimum Gasteiger partial charge on any atom is -0.368 e. The van der Waals surface area contributed by atoms with Crippen LogP contribution in [0, 0.1) is 5.41 Å². The van der Waals surface area contributed by atoms with E-state index in [1.54, 1.807) is 0 Å². The number of nitrogens with two attached hydrogens (primary N) is 2. The molecule has 0 aromatic heterocycles. The SMILES string of the molecule is N=C(N)N(S)NC(N)=O. The molecule has 0 radical (unpaired) electrons. The van der Waals surface area contributed by atoms with E-state index in [1.807, 2.05) is 5.43 Å². The third-order valence-electron chi connectivity index (χ3n) is 0.444. The molecule has 0 spiro atoms. The molecular weight excluding hydrogens is 142 g/mol. The van der Waals surface area contributed by atoms with Crippen molar-refractivity contribution in [2.45, 2.75) is 0 Å². The maximum absolute atomic E-state index is 9.98. The van der Waals surface area contributed by atoms with Crippen LogP contribution in [0.5, 0.6) is 0 Å².